The average Bonchev–Trinajstić information content (AvgIpc) is 2.40. The molecule has 2 unspecified atom stereocenters. The second-order valence-corrected chi connectivity index (χ2v) is 6.52. The Balaban J connectivity index is 2.11. The van der Waals surface area contributed by atoms with Crippen molar-refractivity contribution in [1.29, 1.82) is 0 Å². The quantitative estimate of drug-likeness (QED) is 0.887. The Hall–Kier alpha value is -1.07. The minimum absolute atomic E-state index is 0.103. The Morgan fingerprint density at radius 2 is 2.30 bits per heavy atom. The number of hydrogen-bond donors (Lipinski definition) is 2. The van der Waals surface area contributed by atoms with E-state index < -0.39 is 5.54 Å². The van der Waals surface area contributed by atoms with E-state index in [1.165, 1.54) is 0 Å². The summed E-state index contributed by atoms with van der Waals surface area (Å²) in [6.07, 6.45) is 3.65. The highest BCUT2D eigenvalue weighted by atomic mass is 79.9. The molecule has 1 aromatic rings. The molecule has 0 heterocycles. The van der Waals surface area contributed by atoms with E-state index in [0.29, 0.717) is 17.4 Å². The number of hydrogen-bond acceptors (Lipinski definition) is 3. The fraction of sp³-hybridized carbons (Fsp3) is 0.533. The van der Waals surface area contributed by atoms with Gasteiger partial charge in [-0.25, -0.2) is 0 Å². The first kappa shape index (κ1) is 15.3. The minimum atomic E-state index is -0.752. The summed E-state index contributed by atoms with van der Waals surface area (Å²) in [5.41, 5.74) is 6.24. The molecule has 1 fully saturated rings. The fourth-order valence-corrected chi connectivity index (χ4v) is 3.20. The van der Waals surface area contributed by atoms with Crippen LogP contribution in [0.2, 0.25) is 0 Å². The second-order valence-electron chi connectivity index (χ2n) is 5.66. The van der Waals surface area contributed by atoms with Gasteiger partial charge in [0.2, 0.25) is 5.91 Å². The lowest BCUT2D eigenvalue weighted by molar-refractivity contribution is -0.122. The molecule has 0 bridgehead atoms. The summed E-state index contributed by atoms with van der Waals surface area (Å²) in [5, 5.41) is 2.91. The molecule has 0 saturated heterocycles. The summed E-state index contributed by atoms with van der Waals surface area (Å²) in [7, 11) is 1.60. The van der Waals surface area contributed by atoms with Gasteiger partial charge < -0.3 is 15.8 Å². The van der Waals surface area contributed by atoms with Gasteiger partial charge >= 0.3 is 0 Å². The summed E-state index contributed by atoms with van der Waals surface area (Å²) < 4.78 is 6.08. The first-order chi connectivity index (χ1) is 9.44. The predicted octanol–water partition coefficient (Wildman–Crippen LogP) is 3.30. The van der Waals surface area contributed by atoms with Crippen molar-refractivity contribution in [2.75, 3.05) is 12.4 Å². The van der Waals surface area contributed by atoms with Crippen LogP contribution in [0.25, 0.3) is 0 Å². The number of ether oxygens (including phenoxy) is 1. The number of amides is 1. The average molecular weight is 341 g/mol. The standard InChI is InChI=1S/C15H21BrN2O2/c1-10-4-3-7-15(17,9-10)14(19)18-11-5-6-12(16)13(8-11)20-2/h5-6,8,10H,3-4,7,9,17H2,1-2H3,(H,18,19). The number of halogens is 1. The lowest BCUT2D eigenvalue weighted by Gasteiger charge is -2.35. The van der Waals surface area contributed by atoms with Crippen LogP contribution in [-0.4, -0.2) is 18.6 Å². The topological polar surface area (TPSA) is 64.3 Å². The first-order valence-electron chi connectivity index (χ1n) is 6.88. The van der Waals surface area contributed by atoms with Crippen LogP contribution in [0.15, 0.2) is 22.7 Å². The number of nitrogens with one attached hydrogen (secondary N) is 1. The molecule has 0 spiro atoms. The molecule has 0 radical (unpaired) electrons. The van der Waals surface area contributed by atoms with Gasteiger partial charge in [0.05, 0.1) is 17.1 Å². The molecular formula is C15H21BrN2O2. The van der Waals surface area contributed by atoms with Crippen LogP contribution < -0.4 is 15.8 Å². The molecule has 1 aromatic carbocycles. The van der Waals surface area contributed by atoms with E-state index in [4.69, 9.17) is 10.5 Å². The van der Waals surface area contributed by atoms with Gasteiger partial charge in [-0.05, 0) is 46.8 Å². The SMILES string of the molecule is COc1cc(NC(=O)C2(N)CCCC(C)C2)ccc1Br. The highest BCUT2D eigenvalue weighted by Gasteiger charge is 2.37. The fourth-order valence-electron chi connectivity index (χ4n) is 2.79. The number of rotatable bonds is 3. The molecule has 3 N–H and O–H groups in total. The molecule has 0 aromatic heterocycles. The maximum Gasteiger partial charge on any atom is 0.244 e. The molecule has 20 heavy (non-hydrogen) atoms. The third kappa shape index (κ3) is 3.33. The number of carbonyl (C=O) groups excluding carboxylic acids is 1. The van der Waals surface area contributed by atoms with Crippen molar-refractivity contribution in [3.63, 3.8) is 0 Å². The molecule has 0 aliphatic heterocycles. The number of anilines is 1. The van der Waals surface area contributed by atoms with Crippen LogP contribution in [0.5, 0.6) is 5.75 Å². The smallest absolute Gasteiger partial charge is 0.244 e. The van der Waals surface area contributed by atoms with E-state index in [0.717, 1.165) is 30.2 Å². The highest BCUT2D eigenvalue weighted by Crippen LogP contribution is 2.32. The second kappa shape index (κ2) is 6.14. The van der Waals surface area contributed by atoms with E-state index in [9.17, 15) is 4.79 Å². The maximum atomic E-state index is 12.4. The van der Waals surface area contributed by atoms with Gasteiger partial charge in [-0.3, -0.25) is 4.79 Å². The zero-order valence-electron chi connectivity index (χ0n) is 11.9. The highest BCUT2D eigenvalue weighted by molar-refractivity contribution is 9.10. The summed E-state index contributed by atoms with van der Waals surface area (Å²) in [4.78, 5) is 12.4. The Kier molecular flexibility index (Phi) is 4.70. The molecule has 1 aliphatic rings. The van der Waals surface area contributed by atoms with Gasteiger partial charge in [0.1, 0.15) is 5.75 Å². The van der Waals surface area contributed by atoms with Gasteiger partial charge in [-0.1, -0.05) is 19.8 Å². The van der Waals surface area contributed by atoms with Crippen LogP contribution in [0.1, 0.15) is 32.6 Å². The maximum absolute atomic E-state index is 12.4. The van der Waals surface area contributed by atoms with Crippen LogP contribution in [-0.2, 0) is 4.79 Å². The van der Waals surface area contributed by atoms with Crippen molar-refractivity contribution >= 4 is 27.5 Å². The molecule has 1 amide bonds. The summed E-state index contributed by atoms with van der Waals surface area (Å²) in [6.45, 7) is 2.15. The number of nitrogens with two attached hydrogens (primary N) is 1. The lowest BCUT2D eigenvalue weighted by atomic mass is 9.76. The van der Waals surface area contributed by atoms with Crippen molar-refractivity contribution < 1.29 is 9.53 Å². The van der Waals surface area contributed by atoms with E-state index in [-0.39, 0.29) is 5.91 Å². The normalized spacial score (nSPS) is 26.1. The van der Waals surface area contributed by atoms with E-state index in [2.05, 4.69) is 28.2 Å². The van der Waals surface area contributed by atoms with Gasteiger partial charge in [-0.2, -0.15) is 0 Å². The molecule has 5 heteroatoms. The summed E-state index contributed by atoms with van der Waals surface area (Å²) >= 11 is 3.39. The Bertz CT molecular complexity index is 507. The molecule has 2 atom stereocenters. The third-order valence-corrected chi connectivity index (χ3v) is 4.55. The first-order valence-corrected chi connectivity index (χ1v) is 7.68. The molecule has 2 rings (SSSR count). The zero-order chi connectivity index (χ0) is 14.8. The zero-order valence-corrected chi connectivity index (χ0v) is 13.5. The van der Waals surface area contributed by atoms with E-state index >= 15 is 0 Å². The van der Waals surface area contributed by atoms with E-state index in [1.807, 2.05) is 12.1 Å². The van der Waals surface area contributed by atoms with Crippen molar-refractivity contribution in [2.45, 2.75) is 38.1 Å². The van der Waals surface area contributed by atoms with E-state index in [1.54, 1.807) is 13.2 Å². The Labute approximate surface area is 128 Å². The third-order valence-electron chi connectivity index (χ3n) is 3.89. The molecular weight excluding hydrogens is 320 g/mol. The van der Waals surface area contributed by atoms with Crippen LogP contribution in [0.4, 0.5) is 5.69 Å². The minimum Gasteiger partial charge on any atom is -0.495 e. The molecule has 1 saturated carbocycles. The Morgan fingerprint density at radius 3 is 2.95 bits per heavy atom. The van der Waals surface area contributed by atoms with Crippen molar-refractivity contribution in [2.24, 2.45) is 11.7 Å². The van der Waals surface area contributed by atoms with Gasteiger partial charge in [0.15, 0.2) is 0 Å². The Morgan fingerprint density at radius 1 is 1.55 bits per heavy atom. The van der Waals surface area contributed by atoms with Gasteiger partial charge in [0.25, 0.3) is 0 Å². The lowest BCUT2D eigenvalue weighted by Crippen LogP contribution is -2.53. The van der Waals surface area contributed by atoms with Gasteiger partial charge in [-0.15, -0.1) is 0 Å². The van der Waals surface area contributed by atoms with Crippen molar-refractivity contribution in [1.82, 2.24) is 0 Å². The molecule has 1 aliphatic carbocycles. The van der Waals surface area contributed by atoms with Crippen LogP contribution in [0, 0.1) is 5.92 Å². The molecule has 110 valence electrons. The largest absolute Gasteiger partial charge is 0.495 e. The number of methoxy groups -OCH3 is 1. The van der Waals surface area contributed by atoms with Gasteiger partial charge in [0, 0.05) is 11.8 Å². The van der Waals surface area contributed by atoms with Crippen LogP contribution in [0.3, 0.4) is 0 Å². The van der Waals surface area contributed by atoms with Crippen molar-refractivity contribution in [3.05, 3.63) is 22.7 Å². The van der Waals surface area contributed by atoms with Crippen LogP contribution >= 0.6 is 15.9 Å². The van der Waals surface area contributed by atoms with Crippen molar-refractivity contribution in [3.8, 4) is 5.75 Å². The predicted molar refractivity (Wildman–Crippen MR) is 83.9 cm³/mol. The molecule has 4 nitrogen and oxygen atoms in total. The summed E-state index contributed by atoms with van der Waals surface area (Å²) in [6, 6.07) is 5.47. The number of benzene rings is 1. The number of carbonyl (C=O) groups is 1. The monoisotopic (exact) mass is 340 g/mol. The summed E-state index contributed by atoms with van der Waals surface area (Å²) in [5.74, 6) is 1.08.